The molecule has 1 fully saturated rings. The number of aromatic nitrogens is 1. The summed E-state index contributed by atoms with van der Waals surface area (Å²) in [7, 11) is 0. The molecule has 0 atom stereocenters. The zero-order valence-corrected chi connectivity index (χ0v) is 16.9. The van der Waals surface area contributed by atoms with Crippen molar-refractivity contribution in [1.29, 1.82) is 0 Å². The molecular formula is C24H29FN2O2. The Hall–Kier alpha value is -2.66. The normalized spacial score (nSPS) is 15.1. The Kier molecular flexibility index (Phi) is 7.42. The fraction of sp³-hybridized carbons (Fsp3) is 0.375. The summed E-state index contributed by atoms with van der Waals surface area (Å²) >= 11 is 0. The molecule has 0 radical (unpaired) electrons. The number of nitrogens with zero attached hydrogens (tertiary/aromatic N) is 2. The lowest BCUT2D eigenvalue weighted by atomic mass is 10.0. The van der Waals surface area contributed by atoms with Crippen LogP contribution in [0.4, 0.5) is 4.39 Å². The molecule has 0 bridgehead atoms. The van der Waals surface area contributed by atoms with Gasteiger partial charge < -0.3 is 14.6 Å². The highest BCUT2D eigenvalue weighted by Crippen LogP contribution is 2.28. The molecular weight excluding hydrogens is 367 g/mol. The molecule has 2 aromatic carbocycles. The average molecular weight is 397 g/mol. The summed E-state index contributed by atoms with van der Waals surface area (Å²) in [5.74, 6) is -0.912. The Morgan fingerprint density at radius 3 is 2.41 bits per heavy atom. The third kappa shape index (κ3) is 5.91. The van der Waals surface area contributed by atoms with Crippen molar-refractivity contribution in [2.45, 2.75) is 38.6 Å². The SMILES string of the molecule is CCN1CCC(n2ccc3ccc(CCC(=O)O)cc32)CC1.Fc1ccccc1. The van der Waals surface area contributed by atoms with Crippen LogP contribution in [-0.4, -0.2) is 40.2 Å². The molecule has 0 amide bonds. The summed E-state index contributed by atoms with van der Waals surface area (Å²) in [6, 6.07) is 17.0. The van der Waals surface area contributed by atoms with Crippen LogP contribution < -0.4 is 0 Å². The fourth-order valence-corrected chi connectivity index (χ4v) is 3.85. The van der Waals surface area contributed by atoms with Crippen molar-refractivity contribution >= 4 is 16.9 Å². The Balaban J connectivity index is 0.000000290. The Morgan fingerprint density at radius 1 is 1.10 bits per heavy atom. The predicted octanol–water partition coefficient (Wildman–Crippen LogP) is 5.14. The number of carboxylic acid groups (broad SMARTS) is 1. The largest absolute Gasteiger partial charge is 0.481 e. The van der Waals surface area contributed by atoms with Crippen LogP contribution in [0.15, 0.2) is 60.8 Å². The van der Waals surface area contributed by atoms with E-state index in [0.29, 0.717) is 12.5 Å². The molecule has 4 rings (SSSR count). The van der Waals surface area contributed by atoms with Gasteiger partial charge in [0.2, 0.25) is 0 Å². The number of aryl methyl sites for hydroxylation is 1. The van der Waals surface area contributed by atoms with Crippen molar-refractivity contribution in [3.8, 4) is 0 Å². The number of piperidine rings is 1. The second-order valence-corrected chi connectivity index (χ2v) is 7.47. The number of likely N-dealkylation sites (tertiary alicyclic amines) is 1. The summed E-state index contributed by atoms with van der Waals surface area (Å²) in [6.07, 6.45) is 5.37. The number of carboxylic acids is 1. The minimum Gasteiger partial charge on any atom is -0.481 e. The van der Waals surface area contributed by atoms with Gasteiger partial charge in [-0.05, 0) is 61.0 Å². The highest BCUT2D eigenvalue weighted by atomic mass is 19.1. The Morgan fingerprint density at radius 2 is 1.83 bits per heavy atom. The van der Waals surface area contributed by atoms with Gasteiger partial charge in [-0.15, -0.1) is 0 Å². The number of aliphatic carboxylic acids is 1. The quantitative estimate of drug-likeness (QED) is 0.649. The van der Waals surface area contributed by atoms with Crippen LogP contribution in [0, 0.1) is 5.82 Å². The molecule has 1 aliphatic heterocycles. The zero-order chi connectivity index (χ0) is 20.6. The first-order valence-corrected chi connectivity index (χ1v) is 10.3. The Bertz CT molecular complexity index is 915. The third-order valence-corrected chi connectivity index (χ3v) is 5.55. The molecule has 0 saturated carbocycles. The van der Waals surface area contributed by atoms with E-state index in [1.54, 1.807) is 18.2 Å². The Labute approximate surface area is 171 Å². The van der Waals surface area contributed by atoms with Crippen LogP contribution in [0.5, 0.6) is 0 Å². The van der Waals surface area contributed by atoms with Gasteiger partial charge in [0.05, 0.1) is 0 Å². The molecule has 1 N–H and O–H groups in total. The lowest BCUT2D eigenvalue weighted by molar-refractivity contribution is -0.136. The van der Waals surface area contributed by atoms with E-state index in [2.05, 4.69) is 46.9 Å². The molecule has 0 aliphatic carbocycles. The van der Waals surface area contributed by atoms with E-state index >= 15 is 0 Å². The van der Waals surface area contributed by atoms with Gasteiger partial charge in [-0.25, -0.2) is 4.39 Å². The molecule has 2 heterocycles. The standard InChI is InChI=1S/C18H24N2O2.C6H5F/c1-2-19-10-8-16(9-11-19)20-12-7-15-5-3-14(13-17(15)20)4-6-18(21)22;7-6-4-2-1-3-5-6/h3,5,7,12-13,16H,2,4,6,8-11H2,1H3,(H,21,22);1-5H. The smallest absolute Gasteiger partial charge is 0.303 e. The first kappa shape index (κ1) is 21.1. The fourth-order valence-electron chi connectivity index (χ4n) is 3.85. The van der Waals surface area contributed by atoms with Gasteiger partial charge in [-0.2, -0.15) is 0 Å². The van der Waals surface area contributed by atoms with Crippen molar-refractivity contribution in [2.24, 2.45) is 0 Å². The minimum atomic E-state index is -0.734. The lowest BCUT2D eigenvalue weighted by Gasteiger charge is -2.32. The first-order chi connectivity index (χ1) is 14.1. The van der Waals surface area contributed by atoms with Crippen molar-refractivity contribution in [3.05, 3.63) is 72.2 Å². The number of hydrogen-bond acceptors (Lipinski definition) is 2. The van der Waals surface area contributed by atoms with Crippen molar-refractivity contribution in [2.75, 3.05) is 19.6 Å². The van der Waals surface area contributed by atoms with Gasteiger partial charge >= 0.3 is 5.97 Å². The van der Waals surface area contributed by atoms with Gasteiger partial charge in [-0.3, -0.25) is 4.79 Å². The van der Waals surface area contributed by atoms with E-state index < -0.39 is 5.97 Å². The lowest BCUT2D eigenvalue weighted by Crippen LogP contribution is -2.34. The maximum Gasteiger partial charge on any atom is 0.303 e. The van der Waals surface area contributed by atoms with Crippen LogP contribution >= 0.6 is 0 Å². The molecule has 1 aliphatic rings. The van der Waals surface area contributed by atoms with E-state index in [4.69, 9.17) is 5.11 Å². The summed E-state index contributed by atoms with van der Waals surface area (Å²) in [5.41, 5.74) is 2.36. The summed E-state index contributed by atoms with van der Waals surface area (Å²) in [6.45, 7) is 5.69. The molecule has 3 aromatic rings. The third-order valence-electron chi connectivity index (χ3n) is 5.55. The molecule has 154 valence electrons. The first-order valence-electron chi connectivity index (χ1n) is 10.3. The maximum atomic E-state index is 11.9. The van der Waals surface area contributed by atoms with Crippen molar-refractivity contribution < 1.29 is 14.3 Å². The highest BCUT2D eigenvalue weighted by Gasteiger charge is 2.20. The van der Waals surface area contributed by atoms with E-state index in [-0.39, 0.29) is 12.2 Å². The zero-order valence-electron chi connectivity index (χ0n) is 16.9. The second kappa shape index (κ2) is 10.2. The number of fused-ring (bicyclic) bond motifs is 1. The number of rotatable bonds is 5. The van der Waals surface area contributed by atoms with Gasteiger partial charge in [0.1, 0.15) is 5.82 Å². The second-order valence-electron chi connectivity index (χ2n) is 7.47. The van der Waals surface area contributed by atoms with Crippen molar-refractivity contribution in [1.82, 2.24) is 9.47 Å². The number of hydrogen-bond donors (Lipinski definition) is 1. The van der Waals surface area contributed by atoms with Gasteiger partial charge in [0.25, 0.3) is 0 Å². The predicted molar refractivity (Wildman–Crippen MR) is 115 cm³/mol. The molecule has 0 unspecified atom stereocenters. The van der Waals surface area contributed by atoms with E-state index in [9.17, 15) is 9.18 Å². The van der Waals surface area contributed by atoms with Crippen LogP contribution in [0.3, 0.4) is 0 Å². The number of carbonyl (C=O) groups is 1. The summed E-state index contributed by atoms with van der Waals surface area (Å²) in [4.78, 5) is 13.3. The number of halogens is 1. The maximum absolute atomic E-state index is 11.9. The van der Waals surface area contributed by atoms with Gasteiger partial charge in [-0.1, -0.05) is 37.3 Å². The molecule has 29 heavy (non-hydrogen) atoms. The molecule has 1 saturated heterocycles. The van der Waals surface area contributed by atoms with E-state index in [1.165, 1.54) is 49.0 Å². The molecule has 5 heteroatoms. The monoisotopic (exact) mass is 396 g/mol. The average Bonchev–Trinajstić information content (AvgIpc) is 3.16. The topological polar surface area (TPSA) is 45.5 Å². The van der Waals surface area contributed by atoms with Gasteiger partial charge in [0, 0.05) is 37.3 Å². The van der Waals surface area contributed by atoms with E-state index in [0.717, 1.165) is 12.1 Å². The van der Waals surface area contributed by atoms with Crippen LogP contribution in [0.25, 0.3) is 10.9 Å². The summed E-state index contributed by atoms with van der Waals surface area (Å²) < 4.78 is 14.3. The molecule has 0 spiro atoms. The molecule has 1 aromatic heterocycles. The van der Waals surface area contributed by atoms with Gasteiger partial charge in [0.15, 0.2) is 0 Å². The molecule has 4 nitrogen and oxygen atoms in total. The number of benzene rings is 2. The minimum absolute atomic E-state index is 0.178. The highest BCUT2D eigenvalue weighted by molar-refractivity contribution is 5.81. The van der Waals surface area contributed by atoms with Crippen LogP contribution in [-0.2, 0) is 11.2 Å². The van der Waals surface area contributed by atoms with E-state index in [1.807, 2.05) is 0 Å². The summed E-state index contributed by atoms with van der Waals surface area (Å²) in [5, 5.41) is 10.1. The van der Waals surface area contributed by atoms with Crippen molar-refractivity contribution in [3.63, 3.8) is 0 Å². The van der Waals surface area contributed by atoms with Crippen LogP contribution in [0.2, 0.25) is 0 Å². The van der Waals surface area contributed by atoms with Crippen LogP contribution in [0.1, 0.15) is 37.8 Å².